The highest BCUT2D eigenvalue weighted by atomic mass is 35.5. The van der Waals surface area contributed by atoms with Gasteiger partial charge in [-0.15, -0.1) is 0 Å². The van der Waals surface area contributed by atoms with E-state index in [4.69, 9.17) is 16.1 Å². The van der Waals surface area contributed by atoms with Gasteiger partial charge in [0.25, 0.3) is 0 Å². The Morgan fingerprint density at radius 3 is 3.16 bits per heavy atom. The molecule has 0 spiro atoms. The quantitative estimate of drug-likeness (QED) is 0.937. The molecule has 0 unspecified atom stereocenters. The number of piperidine rings is 1. The highest BCUT2D eigenvalue weighted by molar-refractivity contribution is 6.30. The minimum absolute atomic E-state index is 0.356. The largest absolute Gasteiger partial charge is 0.339 e. The molecular weight excluding hydrogens is 262 g/mol. The van der Waals surface area contributed by atoms with E-state index in [0.29, 0.717) is 12.3 Å². The Labute approximate surface area is 117 Å². The third-order valence-electron chi connectivity index (χ3n) is 3.38. The molecule has 1 atom stereocenters. The normalized spacial score (nSPS) is 19.5. The van der Waals surface area contributed by atoms with Gasteiger partial charge in [-0.1, -0.05) is 28.9 Å². The van der Waals surface area contributed by atoms with E-state index < -0.39 is 0 Å². The van der Waals surface area contributed by atoms with Crippen LogP contribution < -0.4 is 5.32 Å². The lowest BCUT2D eigenvalue weighted by Gasteiger charge is -2.18. The molecule has 19 heavy (non-hydrogen) atoms. The molecule has 1 N–H and O–H groups in total. The fourth-order valence-electron chi connectivity index (χ4n) is 2.40. The molecule has 1 aliphatic rings. The molecule has 1 aliphatic heterocycles. The molecule has 5 heteroatoms. The van der Waals surface area contributed by atoms with Gasteiger partial charge in [-0.05, 0) is 37.1 Å². The van der Waals surface area contributed by atoms with Crippen molar-refractivity contribution in [1.29, 1.82) is 0 Å². The molecule has 100 valence electrons. The van der Waals surface area contributed by atoms with Crippen molar-refractivity contribution in [2.75, 3.05) is 13.1 Å². The molecular formula is C14H16ClN3O. The van der Waals surface area contributed by atoms with Crippen LogP contribution in [0.25, 0.3) is 0 Å². The summed E-state index contributed by atoms with van der Waals surface area (Å²) in [4.78, 5) is 4.50. The van der Waals surface area contributed by atoms with Crippen molar-refractivity contribution in [3.63, 3.8) is 0 Å². The van der Waals surface area contributed by atoms with Crippen LogP contribution in [0, 0.1) is 0 Å². The zero-order chi connectivity index (χ0) is 13.1. The molecule has 2 heterocycles. The van der Waals surface area contributed by atoms with Gasteiger partial charge in [-0.3, -0.25) is 0 Å². The smallest absolute Gasteiger partial charge is 0.231 e. The first-order chi connectivity index (χ1) is 9.31. The van der Waals surface area contributed by atoms with Gasteiger partial charge in [-0.25, -0.2) is 0 Å². The second kappa shape index (κ2) is 5.72. The Balaban J connectivity index is 1.70. The number of benzene rings is 1. The van der Waals surface area contributed by atoms with E-state index in [1.54, 1.807) is 0 Å². The van der Waals surface area contributed by atoms with Gasteiger partial charge in [-0.2, -0.15) is 4.98 Å². The second-order valence-corrected chi connectivity index (χ2v) is 5.34. The zero-order valence-corrected chi connectivity index (χ0v) is 11.4. The van der Waals surface area contributed by atoms with Crippen molar-refractivity contribution in [3.05, 3.63) is 46.6 Å². The summed E-state index contributed by atoms with van der Waals surface area (Å²) in [6.45, 7) is 2.01. The molecule has 1 aromatic heterocycles. The molecule has 2 aromatic rings. The summed E-state index contributed by atoms with van der Waals surface area (Å²) in [6, 6.07) is 7.74. The van der Waals surface area contributed by atoms with Crippen LogP contribution in [-0.4, -0.2) is 23.2 Å². The first kappa shape index (κ1) is 12.6. The fraction of sp³-hybridized carbons (Fsp3) is 0.429. The molecule has 0 amide bonds. The average Bonchev–Trinajstić information content (AvgIpc) is 2.88. The van der Waals surface area contributed by atoms with Crippen LogP contribution in [0.5, 0.6) is 0 Å². The van der Waals surface area contributed by atoms with Gasteiger partial charge in [0.05, 0.1) is 5.92 Å². The highest BCUT2D eigenvalue weighted by Crippen LogP contribution is 2.22. The predicted octanol–water partition coefficient (Wildman–Crippen LogP) is 2.78. The van der Waals surface area contributed by atoms with E-state index >= 15 is 0 Å². The Morgan fingerprint density at radius 2 is 2.37 bits per heavy atom. The summed E-state index contributed by atoms with van der Waals surface area (Å²) in [7, 11) is 0. The predicted molar refractivity (Wildman–Crippen MR) is 73.4 cm³/mol. The van der Waals surface area contributed by atoms with Crippen LogP contribution in [0.3, 0.4) is 0 Å². The van der Waals surface area contributed by atoms with Gasteiger partial charge >= 0.3 is 0 Å². The number of hydrogen-bond donors (Lipinski definition) is 1. The first-order valence-electron chi connectivity index (χ1n) is 6.59. The van der Waals surface area contributed by atoms with E-state index in [9.17, 15) is 0 Å². The fourth-order valence-corrected chi connectivity index (χ4v) is 2.61. The van der Waals surface area contributed by atoms with Crippen LogP contribution in [0.2, 0.25) is 5.02 Å². The van der Waals surface area contributed by atoms with Gasteiger partial charge in [0.2, 0.25) is 5.89 Å². The van der Waals surface area contributed by atoms with Crippen molar-refractivity contribution in [1.82, 2.24) is 15.5 Å². The zero-order valence-electron chi connectivity index (χ0n) is 10.6. The summed E-state index contributed by atoms with van der Waals surface area (Å²) in [5.41, 5.74) is 1.10. The Morgan fingerprint density at radius 1 is 1.42 bits per heavy atom. The molecule has 1 fully saturated rings. The van der Waals surface area contributed by atoms with Gasteiger partial charge in [0.1, 0.15) is 0 Å². The lowest BCUT2D eigenvalue weighted by atomic mass is 10.00. The van der Waals surface area contributed by atoms with E-state index in [-0.39, 0.29) is 0 Å². The maximum atomic E-state index is 5.97. The minimum atomic E-state index is 0.356. The number of hydrogen-bond acceptors (Lipinski definition) is 4. The summed E-state index contributed by atoms with van der Waals surface area (Å²) in [5.74, 6) is 1.83. The molecule has 0 aliphatic carbocycles. The number of nitrogens with zero attached hydrogens (tertiary/aromatic N) is 2. The number of rotatable bonds is 3. The molecule has 1 aromatic carbocycles. The summed E-state index contributed by atoms with van der Waals surface area (Å²) in [6.07, 6.45) is 2.94. The van der Waals surface area contributed by atoms with Crippen LogP contribution in [0.15, 0.2) is 28.8 Å². The highest BCUT2D eigenvalue weighted by Gasteiger charge is 2.21. The Kier molecular flexibility index (Phi) is 3.80. The Bertz CT molecular complexity index is 549. The molecule has 0 radical (unpaired) electrons. The average molecular weight is 278 g/mol. The molecule has 0 saturated carbocycles. The van der Waals surface area contributed by atoms with E-state index in [2.05, 4.69) is 15.5 Å². The van der Waals surface area contributed by atoms with Crippen molar-refractivity contribution >= 4 is 11.6 Å². The van der Waals surface area contributed by atoms with Crippen molar-refractivity contribution < 1.29 is 4.52 Å². The van der Waals surface area contributed by atoms with Crippen molar-refractivity contribution in [2.24, 2.45) is 0 Å². The van der Waals surface area contributed by atoms with Gasteiger partial charge in [0.15, 0.2) is 5.82 Å². The second-order valence-electron chi connectivity index (χ2n) is 4.90. The number of halogens is 1. The van der Waals surface area contributed by atoms with Gasteiger partial charge < -0.3 is 9.84 Å². The summed E-state index contributed by atoms with van der Waals surface area (Å²) < 4.78 is 5.37. The molecule has 0 bridgehead atoms. The lowest BCUT2D eigenvalue weighted by molar-refractivity contribution is 0.320. The summed E-state index contributed by atoms with van der Waals surface area (Å²) in [5, 5.41) is 8.15. The number of nitrogens with one attached hydrogen (secondary N) is 1. The third-order valence-corrected chi connectivity index (χ3v) is 3.62. The minimum Gasteiger partial charge on any atom is -0.339 e. The van der Waals surface area contributed by atoms with Crippen LogP contribution >= 0.6 is 11.6 Å². The topological polar surface area (TPSA) is 51.0 Å². The molecule has 4 nitrogen and oxygen atoms in total. The van der Waals surface area contributed by atoms with Crippen molar-refractivity contribution in [3.8, 4) is 0 Å². The van der Waals surface area contributed by atoms with Crippen LogP contribution in [0.4, 0.5) is 0 Å². The maximum absolute atomic E-state index is 5.97. The third kappa shape index (κ3) is 3.14. The lowest BCUT2D eigenvalue weighted by Crippen LogP contribution is -2.28. The monoisotopic (exact) mass is 277 g/mol. The van der Waals surface area contributed by atoms with E-state index in [1.807, 2.05) is 24.3 Å². The van der Waals surface area contributed by atoms with Gasteiger partial charge in [0, 0.05) is 18.0 Å². The SMILES string of the molecule is Clc1cccc(Cc2noc([C@@H]3CCCNC3)n2)c1. The van der Waals surface area contributed by atoms with E-state index in [1.165, 1.54) is 0 Å². The van der Waals surface area contributed by atoms with Crippen LogP contribution in [0.1, 0.15) is 36.0 Å². The maximum Gasteiger partial charge on any atom is 0.231 e. The standard InChI is InChI=1S/C14H16ClN3O/c15-12-5-1-3-10(7-12)8-13-17-14(19-18-13)11-4-2-6-16-9-11/h1,3,5,7,11,16H,2,4,6,8-9H2/t11-/m1/s1. The Hall–Kier alpha value is -1.39. The summed E-state index contributed by atoms with van der Waals surface area (Å²) >= 11 is 5.97. The number of aromatic nitrogens is 2. The van der Waals surface area contributed by atoms with Crippen LogP contribution in [-0.2, 0) is 6.42 Å². The molecule has 3 rings (SSSR count). The van der Waals surface area contributed by atoms with E-state index in [0.717, 1.165) is 48.2 Å². The molecule has 1 saturated heterocycles. The first-order valence-corrected chi connectivity index (χ1v) is 6.97. The van der Waals surface area contributed by atoms with Crippen molar-refractivity contribution in [2.45, 2.75) is 25.2 Å².